The molecule has 0 radical (unpaired) electrons. The average molecular weight is 247 g/mol. The number of rotatable bonds is 7. The van der Waals surface area contributed by atoms with Crippen LogP contribution in [0.4, 0.5) is 0 Å². The van der Waals surface area contributed by atoms with Crippen LogP contribution in [0.5, 0.6) is 5.75 Å². The fourth-order valence-electron chi connectivity index (χ4n) is 1.38. The summed E-state index contributed by atoms with van der Waals surface area (Å²) >= 11 is 0. The van der Waals surface area contributed by atoms with Crippen molar-refractivity contribution >= 4 is 5.91 Å². The third-order valence-electron chi connectivity index (χ3n) is 2.36. The van der Waals surface area contributed by atoms with Crippen LogP contribution in [-0.2, 0) is 11.3 Å². The second-order valence-corrected chi connectivity index (χ2v) is 3.69. The van der Waals surface area contributed by atoms with Gasteiger partial charge in [-0.25, -0.2) is 0 Å². The number of nitriles is 1. The number of hydrogen-bond acceptors (Lipinski definition) is 4. The third-order valence-corrected chi connectivity index (χ3v) is 2.36. The van der Waals surface area contributed by atoms with E-state index in [-0.39, 0.29) is 12.5 Å². The highest BCUT2D eigenvalue weighted by atomic mass is 16.5. The first-order chi connectivity index (χ1) is 8.76. The normalized spacial score (nSPS) is 9.56. The van der Waals surface area contributed by atoms with Gasteiger partial charge in [0, 0.05) is 26.6 Å². The summed E-state index contributed by atoms with van der Waals surface area (Å²) in [5.41, 5.74) is 1.11. The Morgan fingerprint density at radius 2 is 2.11 bits per heavy atom. The molecular weight excluding hydrogens is 230 g/mol. The van der Waals surface area contributed by atoms with Crippen molar-refractivity contribution in [3.63, 3.8) is 0 Å². The zero-order valence-corrected chi connectivity index (χ0v) is 10.4. The van der Waals surface area contributed by atoms with Crippen molar-refractivity contribution in [2.75, 3.05) is 20.2 Å². The topological polar surface area (TPSA) is 74.2 Å². The fourth-order valence-corrected chi connectivity index (χ4v) is 1.38. The second-order valence-electron chi connectivity index (χ2n) is 3.69. The smallest absolute Gasteiger partial charge is 0.221 e. The van der Waals surface area contributed by atoms with E-state index in [1.54, 1.807) is 7.05 Å². The minimum atomic E-state index is 0.0303. The first-order valence-electron chi connectivity index (χ1n) is 5.76. The number of carbonyl (C=O) groups excluding carboxylic acids is 1. The molecule has 1 rings (SSSR count). The summed E-state index contributed by atoms with van der Waals surface area (Å²) in [6.45, 7) is 1.41. The molecule has 0 saturated heterocycles. The van der Waals surface area contributed by atoms with Gasteiger partial charge < -0.3 is 15.4 Å². The van der Waals surface area contributed by atoms with E-state index in [1.165, 1.54) is 0 Å². The first-order valence-corrected chi connectivity index (χ1v) is 5.76. The SMILES string of the molecule is CNC(=O)CCNCc1ccc(OCC#N)cc1. The quantitative estimate of drug-likeness (QED) is 0.699. The number of hydrogen-bond donors (Lipinski definition) is 2. The van der Waals surface area contributed by atoms with E-state index in [0.29, 0.717) is 25.3 Å². The van der Waals surface area contributed by atoms with E-state index < -0.39 is 0 Å². The molecule has 2 N–H and O–H groups in total. The van der Waals surface area contributed by atoms with Gasteiger partial charge in [-0.2, -0.15) is 5.26 Å². The van der Waals surface area contributed by atoms with Gasteiger partial charge >= 0.3 is 0 Å². The lowest BCUT2D eigenvalue weighted by atomic mass is 10.2. The van der Waals surface area contributed by atoms with Gasteiger partial charge in [0.25, 0.3) is 0 Å². The van der Waals surface area contributed by atoms with Crippen molar-refractivity contribution in [2.24, 2.45) is 0 Å². The lowest BCUT2D eigenvalue weighted by Gasteiger charge is -2.06. The Hall–Kier alpha value is -2.06. The summed E-state index contributed by atoms with van der Waals surface area (Å²) in [5.74, 6) is 0.716. The number of carbonyl (C=O) groups is 1. The monoisotopic (exact) mass is 247 g/mol. The maximum atomic E-state index is 11.0. The molecule has 1 aromatic rings. The first kappa shape index (κ1) is 14.0. The van der Waals surface area contributed by atoms with Gasteiger partial charge in [-0.1, -0.05) is 12.1 Å². The van der Waals surface area contributed by atoms with Crippen LogP contribution in [0.1, 0.15) is 12.0 Å². The molecule has 0 bridgehead atoms. The number of benzene rings is 1. The molecule has 0 heterocycles. The molecule has 0 aromatic heterocycles. The van der Waals surface area contributed by atoms with Crippen molar-refractivity contribution in [2.45, 2.75) is 13.0 Å². The van der Waals surface area contributed by atoms with Crippen LogP contribution in [0.3, 0.4) is 0 Å². The van der Waals surface area contributed by atoms with E-state index in [2.05, 4.69) is 10.6 Å². The molecule has 1 amide bonds. The van der Waals surface area contributed by atoms with E-state index in [4.69, 9.17) is 10.00 Å². The van der Waals surface area contributed by atoms with Crippen LogP contribution >= 0.6 is 0 Å². The lowest BCUT2D eigenvalue weighted by Crippen LogP contribution is -2.24. The minimum absolute atomic E-state index is 0.0303. The van der Waals surface area contributed by atoms with E-state index in [9.17, 15) is 4.79 Å². The molecule has 5 nitrogen and oxygen atoms in total. The number of amides is 1. The molecule has 0 aliphatic carbocycles. The molecule has 18 heavy (non-hydrogen) atoms. The predicted molar refractivity (Wildman–Crippen MR) is 67.9 cm³/mol. The van der Waals surface area contributed by atoms with Crippen molar-refractivity contribution in [3.8, 4) is 11.8 Å². The Labute approximate surface area is 107 Å². The van der Waals surface area contributed by atoms with E-state index in [1.807, 2.05) is 30.3 Å². The van der Waals surface area contributed by atoms with Crippen LogP contribution in [0, 0.1) is 11.3 Å². The highest BCUT2D eigenvalue weighted by Gasteiger charge is 1.98. The Kier molecular flexibility index (Phi) is 6.30. The van der Waals surface area contributed by atoms with Gasteiger partial charge in [-0.15, -0.1) is 0 Å². The van der Waals surface area contributed by atoms with Crippen LogP contribution in [-0.4, -0.2) is 26.1 Å². The predicted octanol–water partition coefficient (Wildman–Crippen LogP) is 0.815. The second kappa shape index (κ2) is 8.09. The molecule has 0 aliphatic heterocycles. The summed E-state index contributed by atoms with van der Waals surface area (Å²) in [6.07, 6.45) is 0.472. The molecule has 0 aliphatic rings. The van der Waals surface area contributed by atoms with Crippen LogP contribution < -0.4 is 15.4 Å². The van der Waals surface area contributed by atoms with Crippen LogP contribution in [0.15, 0.2) is 24.3 Å². The van der Waals surface area contributed by atoms with Crippen molar-refractivity contribution < 1.29 is 9.53 Å². The zero-order chi connectivity index (χ0) is 13.2. The average Bonchev–Trinajstić information content (AvgIpc) is 2.42. The Bertz CT molecular complexity index is 409. The molecule has 96 valence electrons. The Morgan fingerprint density at radius 1 is 1.39 bits per heavy atom. The minimum Gasteiger partial charge on any atom is -0.479 e. The molecule has 0 fully saturated rings. The van der Waals surface area contributed by atoms with Crippen LogP contribution in [0.2, 0.25) is 0 Å². The summed E-state index contributed by atoms with van der Waals surface area (Å²) in [4.78, 5) is 11.0. The highest BCUT2D eigenvalue weighted by molar-refractivity contribution is 5.75. The number of nitrogens with zero attached hydrogens (tertiary/aromatic N) is 1. The fraction of sp³-hybridized carbons (Fsp3) is 0.385. The van der Waals surface area contributed by atoms with Gasteiger partial charge in [0.1, 0.15) is 11.8 Å². The lowest BCUT2D eigenvalue weighted by molar-refractivity contribution is -0.120. The van der Waals surface area contributed by atoms with Crippen LogP contribution in [0.25, 0.3) is 0 Å². The zero-order valence-electron chi connectivity index (χ0n) is 10.4. The Balaban J connectivity index is 2.27. The van der Waals surface area contributed by atoms with E-state index in [0.717, 1.165) is 5.56 Å². The van der Waals surface area contributed by atoms with E-state index >= 15 is 0 Å². The number of nitrogens with one attached hydrogen (secondary N) is 2. The summed E-state index contributed by atoms with van der Waals surface area (Å²) < 4.78 is 5.15. The summed E-state index contributed by atoms with van der Waals surface area (Å²) in [5, 5.41) is 14.1. The molecule has 0 saturated carbocycles. The van der Waals surface area contributed by atoms with Gasteiger partial charge in [0.05, 0.1) is 0 Å². The molecule has 0 spiro atoms. The molecule has 0 atom stereocenters. The largest absolute Gasteiger partial charge is 0.479 e. The highest BCUT2D eigenvalue weighted by Crippen LogP contribution is 2.11. The molecular formula is C13H17N3O2. The van der Waals surface area contributed by atoms with Gasteiger partial charge in [0.15, 0.2) is 6.61 Å². The van der Waals surface area contributed by atoms with Crippen molar-refractivity contribution in [1.29, 1.82) is 5.26 Å². The van der Waals surface area contributed by atoms with Gasteiger partial charge in [0.2, 0.25) is 5.91 Å². The van der Waals surface area contributed by atoms with Crippen molar-refractivity contribution in [1.82, 2.24) is 10.6 Å². The standard InChI is InChI=1S/C13H17N3O2/c1-15-13(17)6-8-16-10-11-2-4-12(5-3-11)18-9-7-14/h2-5,16H,6,8-10H2,1H3,(H,15,17). The molecule has 1 aromatic carbocycles. The summed E-state index contributed by atoms with van der Waals surface area (Å²) in [7, 11) is 1.63. The maximum absolute atomic E-state index is 11.0. The molecule has 5 heteroatoms. The maximum Gasteiger partial charge on any atom is 0.221 e. The Morgan fingerprint density at radius 3 is 2.72 bits per heavy atom. The summed E-state index contributed by atoms with van der Waals surface area (Å²) in [6, 6.07) is 9.43. The van der Waals surface area contributed by atoms with Crippen molar-refractivity contribution in [3.05, 3.63) is 29.8 Å². The van der Waals surface area contributed by atoms with Gasteiger partial charge in [-0.3, -0.25) is 4.79 Å². The number of ether oxygens (including phenoxy) is 1. The molecule has 0 unspecified atom stereocenters. The third kappa shape index (κ3) is 5.32. The van der Waals surface area contributed by atoms with Gasteiger partial charge in [-0.05, 0) is 17.7 Å².